The number of nitrogens with one attached hydrogen (secondary N) is 1. The van der Waals surface area contributed by atoms with Gasteiger partial charge in [0.2, 0.25) is 5.91 Å². The average Bonchev–Trinajstić information content (AvgIpc) is 2.96. The molecule has 2 heterocycles. The number of carbonyl (C=O) groups excluding carboxylic acids is 1. The van der Waals surface area contributed by atoms with E-state index in [4.69, 9.17) is 0 Å². The molecule has 9 heteroatoms. The first-order valence-corrected chi connectivity index (χ1v) is 6.24. The molecule has 0 radical (unpaired) electrons. The predicted octanol–water partition coefficient (Wildman–Crippen LogP) is 2.08. The largest absolute Gasteiger partial charge is 0.404 e. The summed E-state index contributed by atoms with van der Waals surface area (Å²) in [5.74, 6) is -0.669. The number of rotatable bonds is 1. The summed E-state index contributed by atoms with van der Waals surface area (Å²) in [5, 5.41) is 2.78. The van der Waals surface area contributed by atoms with Crippen LogP contribution in [0.15, 0.2) is 0 Å². The van der Waals surface area contributed by atoms with E-state index in [2.05, 4.69) is 5.32 Å². The maximum absolute atomic E-state index is 12.9. The van der Waals surface area contributed by atoms with Gasteiger partial charge in [-0.3, -0.25) is 4.79 Å². The molecule has 0 spiro atoms. The van der Waals surface area contributed by atoms with Gasteiger partial charge in [-0.2, -0.15) is 26.3 Å². The Kier molecular flexibility index (Phi) is 3.68. The van der Waals surface area contributed by atoms with Crippen molar-refractivity contribution >= 4 is 5.91 Å². The van der Waals surface area contributed by atoms with Gasteiger partial charge in [0.05, 0.1) is 6.04 Å². The van der Waals surface area contributed by atoms with E-state index in [1.54, 1.807) is 0 Å². The molecule has 2 rings (SSSR count). The summed E-state index contributed by atoms with van der Waals surface area (Å²) >= 11 is 0. The van der Waals surface area contributed by atoms with Gasteiger partial charge in [0.15, 0.2) is 5.41 Å². The number of amides is 1. The second-order valence-electron chi connectivity index (χ2n) is 5.24. The first kappa shape index (κ1) is 15.4. The van der Waals surface area contributed by atoms with Crippen molar-refractivity contribution in [1.29, 1.82) is 0 Å². The molecule has 2 aliphatic rings. The third-order valence-corrected chi connectivity index (χ3v) is 4.02. The average molecular weight is 304 g/mol. The Hall–Kier alpha value is -0.990. The molecule has 20 heavy (non-hydrogen) atoms. The predicted molar refractivity (Wildman–Crippen MR) is 56.8 cm³/mol. The van der Waals surface area contributed by atoms with Crippen LogP contribution in [0.4, 0.5) is 26.3 Å². The molecule has 0 saturated carbocycles. The monoisotopic (exact) mass is 304 g/mol. The minimum atomic E-state index is -5.41. The zero-order valence-corrected chi connectivity index (χ0v) is 10.4. The molecule has 2 fully saturated rings. The van der Waals surface area contributed by atoms with Crippen molar-refractivity contribution in [2.45, 2.75) is 37.7 Å². The van der Waals surface area contributed by atoms with Crippen molar-refractivity contribution in [3.8, 4) is 0 Å². The Morgan fingerprint density at radius 2 is 1.75 bits per heavy atom. The molecule has 2 saturated heterocycles. The van der Waals surface area contributed by atoms with Crippen LogP contribution in [0.25, 0.3) is 0 Å². The second-order valence-corrected chi connectivity index (χ2v) is 5.24. The molecule has 0 aromatic heterocycles. The van der Waals surface area contributed by atoms with Crippen molar-refractivity contribution in [2.24, 2.45) is 5.41 Å². The van der Waals surface area contributed by atoms with Crippen molar-refractivity contribution in [2.75, 3.05) is 19.6 Å². The molecule has 0 bridgehead atoms. The summed E-state index contributed by atoms with van der Waals surface area (Å²) in [6.45, 7) is -1.30. The van der Waals surface area contributed by atoms with Crippen molar-refractivity contribution in [3.63, 3.8) is 0 Å². The van der Waals surface area contributed by atoms with Crippen LogP contribution in [0.1, 0.15) is 19.3 Å². The van der Waals surface area contributed by atoms with Crippen LogP contribution < -0.4 is 5.32 Å². The van der Waals surface area contributed by atoms with Crippen LogP contribution in [0.2, 0.25) is 0 Å². The molecule has 2 aliphatic heterocycles. The molecule has 0 aromatic carbocycles. The standard InChI is InChI=1S/C11H14F6N2O/c12-10(13,14)9(11(15,16)17)3-5-19(6-9)8(20)7-2-1-4-18-7/h7,18H,1-6H2. The number of nitrogens with zero attached hydrogens (tertiary/aromatic N) is 1. The third kappa shape index (κ3) is 2.36. The number of hydrogen-bond donors (Lipinski definition) is 1. The van der Waals surface area contributed by atoms with Crippen molar-refractivity contribution in [3.05, 3.63) is 0 Å². The molecule has 1 amide bonds. The lowest BCUT2D eigenvalue weighted by atomic mass is 9.85. The van der Waals surface area contributed by atoms with Crippen molar-refractivity contribution in [1.82, 2.24) is 10.2 Å². The molecule has 1 N–H and O–H groups in total. The van der Waals surface area contributed by atoms with E-state index in [0.29, 0.717) is 24.3 Å². The first-order valence-electron chi connectivity index (χ1n) is 6.24. The lowest BCUT2D eigenvalue weighted by Gasteiger charge is -2.33. The van der Waals surface area contributed by atoms with Gasteiger partial charge in [-0.05, 0) is 25.8 Å². The highest BCUT2D eigenvalue weighted by Crippen LogP contribution is 2.55. The number of halogens is 6. The summed E-state index contributed by atoms with van der Waals surface area (Å²) < 4.78 is 77.1. The summed E-state index contributed by atoms with van der Waals surface area (Å²) in [6, 6.07) is -0.660. The van der Waals surface area contributed by atoms with E-state index in [9.17, 15) is 31.1 Å². The molecule has 1 atom stereocenters. The van der Waals surface area contributed by atoms with Crippen LogP contribution in [0, 0.1) is 5.41 Å². The number of alkyl halides is 6. The van der Waals surface area contributed by atoms with Gasteiger partial charge in [-0.25, -0.2) is 0 Å². The van der Waals surface area contributed by atoms with Gasteiger partial charge in [0.25, 0.3) is 0 Å². The SMILES string of the molecule is O=C(C1CCCN1)N1CCC(C(F)(F)F)(C(F)(F)F)C1. The molecule has 3 nitrogen and oxygen atoms in total. The third-order valence-electron chi connectivity index (χ3n) is 4.02. The van der Waals surface area contributed by atoms with E-state index >= 15 is 0 Å². The van der Waals surface area contributed by atoms with Crippen LogP contribution in [-0.2, 0) is 4.79 Å². The fourth-order valence-electron chi connectivity index (χ4n) is 2.74. The Balaban J connectivity index is 2.18. The molecular formula is C11H14F6N2O. The van der Waals surface area contributed by atoms with Gasteiger partial charge in [-0.15, -0.1) is 0 Å². The van der Waals surface area contributed by atoms with Gasteiger partial charge in [-0.1, -0.05) is 0 Å². The molecule has 0 aliphatic carbocycles. The highest BCUT2D eigenvalue weighted by molar-refractivity contribution is 5.82. The molecular weight excluding hydrogens is 290 g/mol. The lowest BCUT2D eigenvalue weighted by molar-refractivity contribution is -0.334. The van der Waals surface area contributed by atoms with E-state index < -0.39 is 49.2 Å². The topological polar surface area (TPSA) is 32.3 Å². The fraction of sp³-hybridized carbons (Fsp3) is 0.909. The van der Waals surface area contributed by atoms with Gasteiger partial charge in [0.1, 0.15) is 0 Å². The summed E-state index contributed by atoms with van der Waals surface area (Å²) in [7, 11) is 0. The van der Waals surface area contributed by atoms with Gasteiger partial charge in [0, 0.05) is 13.1 Å². The van der Waals surface area contributed by atoms with Crippen molar-refractivity contribution < 1.29 is 31.1 Å². The van der Waals surface area contributed by atoms with E-state index in [-0.39, 0.29) is 0 Å². The zero-order valence-electron chi connectivity index (χ0n) is 10.4. The maximum atomic E-state index is 12.9. The van der Waals surface area contributed by atoms with Gasteiger partial charge < -0.3 is 10.2 Å². The first-order chi connectivity index (χ1) is 9.08. The van der Waals surface area contributed by atoms with E-state index in [0.717, 1.165) is 0 Å². The van der Waals surface area contributed by atoms with Crippen LogP contribution in [0.3, 0.4) is 0 Å². The summed E-state index contributed by atoms with van der Waals surface area (Å²) in [6.07, 6.45) is -10.8. The van der Waals surface area contributed by atoms with Crippen LogP contribution >= 0.6 is 0 Å². The smallest absolute Gasteiger partial charge is 0.340 e. The van der Waals surface area contributed by atoms with Crippen LogP contribution in [-0.4, -0.2) is 48.8 Å². The fourth-order valence-corrected chi connectivity index (χ4v) is 2.74. The Morgan fingerprint density at radius 3 is 2.15 bits per heavy atom. The normalized spacial score (nSPS) is 27.1. The highest BCUT2D eigenvalue weighted by Gasteiger charge is 2.73. The van der Waals surface area contributed by atoms with E-state index in [1.165, 1.54) is 0 Å². The number of hydrogen-bond acceptors (Lipinski definition) is 2. The van der Waals surface area contributed by atoms with Gasteiger partial charge >= 0.3 is 12.4 Å². The molecule has 1 unspecified atom stereocenters. The molecule has 116 valence electrons. The quantitative estimate of drug-likeness (QED) is 0.752. The zero-order chi connectivity index (χ0) is 15.2. The maximum Gasteiger partial charge on any atom is 0.404 e. The summed E-state index contributed by atoms with van der Waals surface area (Å²) in [5.41, 5.74) is -3.80. The minimum Gasteiger partial charge on any atom is -0.340 e. The Bertz CT molecular complexity index is 371. The summed E-state index contributed by atoms with van der Waals surface area (Å²) in [4.78, 5) is 12.6. The second kappa shape index (κ2) is 4.78. The minimum absolute atomic E-state index is 0.445. The number of carbonyl (C=O) groups is 1. The number of likely N-dealkylation sites (tertiary alicyclic amines) is 1. The Morgan fingerprint density at radius 1 is 1.15 bits per heavy atom. The molecule has 0 aromatic rings. The highest BCUT2D eigenvalue weighted by atomic mass is 19.4. The Labute approximate surface area is 111 Å². The van der Waals surface area contributed by atoms with Crippen LogP contribution in [0.5, 0.6) is 0 Å². The van der Waals surface area contributed by atoms with E-state index in [1.807, 2.05) is 0 Å². The lowest BCUT2D eigenvalue weighted by Crippen LogP contribution is -2.53.